The van der Waals surface area contributed by atoms with Crippen LogP contribution in [-0.4, -0.2) is 44.2 Å². The smallest absolute Gasteiger partial charge is 0.253 e. The first-order chi connectivity index (χ1) is 9.60. The molecule has 0 spiro atoms. The van der Waals surface area contributed by atoms with Gasteiger partial charge in [-0.25, -0.2) is 0 Å². The fraction of sp³-hybridized carbons (Fsp3) is 0.438. The highest BCUT2D eigenvalue weighted by Crippen LogP contribution is 2.12. The molecule has 20 heavy (non-hydrogen) atoms. The van der Waals surface area contributed by atoms with Crippen molar-refractivity contribution in [2.75, 3.05) is 33.4 Å². The van der Waals surface area contributed by atoms with Gasteiger partial charge in [0.1, 0.15) is 0 Å². The van der Waals surface area contributed by atoms with E-state index in [1.165, 1.54) is 0 Å². The molecule has 0 heterocycles. The summed E-state index contributed by atoms with van der Waals surface area (Å²) in [6.07, 6.45) is 0. The summed E-state index contributed by atoms with van der Waals surface area (Å²) in [5.74, 6) is 5.78. The molecule has 4 heteroatoms. The van der Waals surface area contributed by atoms with Crippen molar-refractivity contribution in [3.05, 3.63) is 34.9 Å². The molecule has 1 aromatic carbocycles. The topological polar surface area (TPSA) is 55.6 Å². The van der Waals surface area contributed by atoms with Crippen LogP contribution in [0.4, 0.5) is 0 Å². The Bertz CT molecular complexity index is 515. The van der Waals surface area contributed by atoms with Crippen LogP contribution in [0.1, 0.15) is 28.4 Å². The molecule has 2 N–H and O–H groups in total. The molecule has 0 radical (unpaired) electrons. The van der Waals surface area contributed by atoms with Crippen LogP contribution in [0.3, 0.4) is 0 Å². The van der Waals surface area contributed by atoms with Crippen molar-refractivity contribution in [3.63, 3.8) is 0 Å². The van der Waals surface area contributed by atoms with E-state index in [9.17, 15) is 4.79 Å². The van der Waals surface area contributed by atoms with E-state index in [1.54, 1.807) is 11.9 Å². The van der Waals surface area contributed by atoms with Crippen molar-refractivity contribution in [1.82, 2.24) is 4.90 Å². The molecular formula is C16H22N2O2. The first kappa shape index (κ1) is 16.2. The van der Waals surface area contributed by atoms with Crippen LogP contribution in [0.25, 0.3) is 0 Å². The van der Waals surface area contributed by atoms with Crippen LogP contribution < -0.4 is 5.73 Å². The van der Waals surface area contributed by atoms with Crippen LogP contribution in [0.15, 0.2) is 18.2 Å². The molecule has 108 valence electrons. The largest absolute Gasteiger partial charge is 0.380 e. The number of hydrogen-bond donors (Lipinski definition) is 1. The molecule has 0 bridgehead atoms. The van der Waals surface area contributed by atoms with Crippen molar-refractivity contribution in [2.24, 2.45) is 5.73 Å². The van der Waals surface area contributed by atoms with Gasteiger partial charge in [-0.3, -0.25) is 4.79 Å². The van der Waals surface area contributed by atoms with Gasteiger partial charge >= 0.3 is 0 Å². The lowest BCUT2D eigenvalue weighted by molar-refractivity contribution is 0.0710. The van der Waals surface area contributed by atoms with Gasteiger partial charge in [0, 0.05) is 31.3 Å². The predicted octanol–water partition coefficient (Wildman–Crippen LogP) is 1.41. The Hall–Kier alpha value is -1.83. The number of nitrogens with two attached hydrogens (primary N) is 1. The van der Waals surface area contributed by atoms with Gasteiger partial charge in [0.05, 0.1) is 13.2 Å². The van der Waals surface area contributed by atoms with Gasteiger partial charge in [0.15, 0.2) is 0 Å². The van der Waals surface area contributed by atoms with Crippen molar-refractivity contribution in [3.8, 4) is 11.8 Å². The van der Waals surface area contributed by atoms with Crippen molar-refractivity contribution < 1.29 is 9.53 Å². The van der Waals surface area contributed by atoms with E-state index in [0.717, 1.165) is 11.1 Å². The number of nitrogens with zero attached hydrogens (tertiary/aromatic N) is 1. The standard InChI is InChI=1S/C16H22N2O2/c1-4-20-11-10-18(3)16(19)15-8-7-13(2)14(12-15)6-5-9-17/h7-8,12H,4,9-11,17H2,1-3H3. The van der Waals surface area contributed by atoms with Gasteiger partial charge in [-0.2, -0.15) is 0 Å². The number of carbonyl (C=O) groups is 1. The van der Waals surface area contributed by atoms with Gasteiger partial charge in [-0.15, -0.1) is 0 Å². The van der Waals surface area contributed by atoms with Gasteiger partial charge < -0.3 is 15.4 Å². The van der Waals surface area contributed by atoms with E-state index in [2.05, 4.69) is 11.8 Å². The second kappa shape index (κ2) is 8.36. The zero-order valence-electron chi connectivity index (χ0n) is 12.4. The Morgan fingerprint density at radius 1 is 1.45 bits per heavy atom. The molecule has 0 fully saturated rings. The van der Waals surface area contributed by atoms with Gasteiger partial charge in [0.2, 0.25) is 0 Å². The highest BCUT2D eigenvalue weighted by molar-refractivity contribution is 5.94. The maximum atomic E-state index is 12.3. The molecule has 0 unspecified atom stereocenters. The lowest BCUT2D eigenvalue weighted by Crippen LogP contribution is -2.30. The minimum atomic E-state index is -0.0273. The molecule has 0 aromatic heterocycles. The Kier molecular flexibility index (Phi) is 6.78. The first-order valence-corrected chi connectivity index (χ1v) is 6.73. The summed E-state index contributed by atoms with van der Waals surface area (Å²) in [5.41, 5.74) is 7.90. The molecule has 1 rings (SSSR count). The number of carbonyl (C=O) groups excluding carboxylic acids is 1. The van der Waals surface area contributed by atoms with Crippen molar-refractivity contribution in [1.29, 1.82) is 0 Å². The maximum absolute atomic E-state index is 12.3. The number of amides is 1. The Morgan fingerprint density at radius 3 is 2.85 bits per heavy atom. The average molecular weight is 274 g/mol. The zero-order chi connectivity index (χ0) is 15.0. The Labute approximate surface area is 120 Å². The van der Waals surface area contributed by atoms with Crippen LogP contribution in [0, 0.1) is 18.8 Å². The van der Waals surface area contributed by atoms with E-state index in [-0.39, 0.29) is 5.91 Å². The highest BCUT2D eigenvalue weighted by Gasteiger charge is 2.12. The fourth-order valence-electron chi connectivity index (χ4n) is 1.70. The summed E-state index contributed by atoms with van der Waals surface area (Å²) in [4.78, 5) is 13.9. The normalized spacial score (nSPS) is 9.80. The quantitative estimate of drug-likeness (QED) is 0.652. The average Bonchev–Trinajstić information content (AvgIpc) is 2.45. The Balaban J connectivity index is 2.82. The van der Waals surface area contributed by atoms with Crippen molar-refractivity contribution in [2.45, 2.75) is 13.8 Å². The van der Waals surface area contributed by atoms with E-state index < -0.39 is 0 Å². The van der Waals surface area contributed by atoms with E-state index >= 15 is 0 Å². The number of aryl methyl sites for hydroxylation is 1. The van der Waals surface area contributed by atoms with E-state index in [4.69, 9.17) is 10.5 Å². The lowest BCUT2D eigenvalue weighted by Gasteiger charge is -2.17. The molecule has 0 saturated heterocycles. The molecule has 0 aliphatic carbocycles. The zero-order valence-corrected chi connectivity index (χ0v) is 12.4. The highest BCUT2D eigenvalue weighted by atomic mass is 16.5. The molecular weight excluding hydrogens is 252 g/mol. The monoisotopic (exact) mass is 274 g/mol. The Morgan fingerprint density at radius 2 is 2.20 bits per heavy atom. The number of benzene rings is 1. The molecule has 0 atom stereocenters. The fourth-order valence-corrected chi connectivity index (χ4v) is 1.70. The molecule has 1 amide bonds. The molecule has 0 aliphatic heterocycles. The molecule has 1 aromatic rings. The summed E-state index contributed by atoms with van der Waals surface area (Å²) in [7, 11) is 1.77. The summed E-state index contributed by atoms with van der Waals surface area (Å²) in [5, 5.41) is 0. The summed E-state index contributed by atoms with van der Waals surface area (Å²) in [6, 6.07) is 5.55. The third-order valence-electron chi connectivity index (χ3n) is 2.93. The SMILES string of the molecule is CCOCCN(C)C(=O)c1ccc(C)c(C#CCN)c1. The lowest BCUT2D eigenvalue weighted by atomic mass is 10.0. The van der Waals surface area contributed by atoms with Crippen LogP contribution in [0.2, 0.25) is 0 Å². The van der Waals surface area contributed by atoms with Crippen LogP contribution in [-0.2, 0) is 4.74 Å². The van der Waals surface area contributed by atoms with Crippen LogP contribution >= 0.6 is 0 Å². The van der Waals surface area contributed by atoms with Gasteiger partial charge in [-0.05, 0) is 31.5 Å². The number of rotatable bonds is 5. The number of ether oxygens (including phenoxy) is 1. The number of hydrogen-bond acceptors (Lipinski definition) is 3. The first-order valence-electron chi connectivity index (χ1n) is 6.73. The minimum absolute atomic E-state index is 0.0273. The number of likely N-dealkylation sites (N-methyl/N-ethyl adjacent to an activating group) is 1. The van der Waals surface area contributed by atoms with Crippen molar-refractivity contribution >= 4 is 5.91 Å². The minimum Gasteiger partial charge on any atom is -0.380 e. The van der Waals surface area contributed by atoms with Crippen LogP contribution in [0.5, 0.6) is 0 Å². The van der Waals surface area contributed by atoms with E-state index in [0.29, 0.717) is 31.9 Å². The second-order valence-corrected chi connectivity index (χ2v) is 4.46. The third-order valence-corrected chi connectivity index (χ3v) is 2.93. The second-order valence-electron chi connectivity index (χ2n) is 4.46. The van der Waals surface area contributed by atoms with Gasteiger partial charge in [0.25, 0.3) is 5.91 Å². The molecule has 0 aliphatic rings. The summed E-state index contributed by atoms with van der Waals surface area (Å²) < 4.78 is 5.26. The summed E-state index contributed by atoms with van der Waals surface area (Å²) >= 11 is 0. The van der Waals surface area contributed by atoms with Gasteiger partial charge in [-0.1, -0.05) is 17.9 Å². The summed E-state index contributed by atoms with van der Waals surface area (Å²) in [6.45, 7) is 5.99. The molecule has 0 saturated carbocycles. The maximum Gasteiger partial charge on any atom is 0.253 e. The third kappa shape index (κ3) is 4.69. The van der Waals surface area contributed by atoms with E-state index in [1.807, 2.05) is 32.0 Å². The molecule has 4 nitrogen and oxygen atoms in total. The predicted molar refractivity (Wildman–Crippen MR) is 80.6 cm³/mol.